The number of benzene rings is 2. The van der Waals surface area contributed by atoms with Gasteiger partial charge in [-0.2, -0.15) is 5.26 Å². The number of hydrogen-bond donors (Lipinski definition) is 2. The maximum absolute atomic E-state index is 13.3. The molecule has 0 radical (unpaired) electrons. The summed E-state index contributed by atoms with van der Waals surface area (Å²) in [6, 6.07) is 16.2. The summed E-state index contributed by atoms with van der Waals surface area (Å²) in [4.78, 5) is 15.3. The molecule has 0 aliphatic carbocycles. The molecule has 0 bridgehead atoms. The van der Waals surface area contributed by atoms with Gasteiger partial charge in [0, 0.05) is 29.9 Å². The Bertz CT molecular complexity index is 1020. The minimum Gasteiger partial charge on any atom is -0.367 e. The number of rotatable bonds is 3. The van der Waals surface area contributed by atoms with Crippen molar-refractivity contribution in [2.45, 2.75) is 45.7 Å². The summed E-state index contributed by atoms with van der Waals surface area (Å²) in [6.07, 6.45) is 2.09. The molecule has 30 heavy (non-hydrogen) atoms. The second-order valence-corrected chi connectivity index (χ2v) is 8.34. The Balaban J connectivity index is 1.47. The zero-order valence-corrected chi connectivity index (χ0v) is 17.8. The van der Waals surface area contributed by atoms with E-state index in [1.54, 1.807) is 0 Å². The van der Waals surface area contributed by atoms with Crippen LogP contribution < -0.4 is 10.6 Å². The number of nitrogens with zero attached hydrogens (tertiary/aromatic N) is 2. The molecule has 5 nitrogen and oxygen atoms in total. The fourth-order valence-electron chi connectivity index (χ4n) is 4.48. The van der Waals surface area contributed by atoms with Crippen molar-refractivity contribution in [2.24, 2.45) is 0 Å². The van der Waals surface area contributed by atoms with E-state index in [1.807, 2.05) is 48.2 Å². The van der Waals surface area contributed by atoms with Crippen molar-refractivity contribution in [3.63, 3.8) is 0 Å². The quantitative estimate of drug-likeness (QED) is 0.813. The summed E-state index contributed by atoms with van der Waals surface area (Å²) in [7, 11) is 0. The Morgan fingerprint density at radius 3 is 2.37 bits per heavy atom. The fraction of sp³-hybridized carbons (Fsp3) is 0.360. The monoisotopic (exact) mass is 400 g/mol. The van der Waals surface area contributed by atoms with Gasteiger partial charge in [0.2, 0.25) is 0 Å². The van der Waals surface area contributed by atoms with Crippen molar-refractivity contribution in [2.75, 3.05) is 13.1 Å². The summed E-state index contributed by atoms with van der Waals surface area (Å²) in [5.41, 5.74) is 6.96. The van der Waals surface area contributed by atoms with Gasteiger partial charge in [0.05, 0.1) is 23.5 Å². The second kappa shape index (κ2) is 8.23. The van der Waals surface area contributed by atoms with E-state index in [-0.39, 0.29) is 12.1 Å². The smallest absolute Gasteiger partial charge is 0.254 e. The van der Waals surface area contributed by atoms with Crippen molar-refractivity contribution in [3.05, 3.63) is 76.0 Å². The number of aryl methyl sites for hydroxylation is 1. The lowest BCUT2D eigenvalue weighted by Gasteiger charge is -2.32. The highest BCUT2D eigenvalue weighted by Crippen LogP contribution is 2.30. The van der Waals surface area contributed by atoms with Crippen LogP contribution in [0.15, 0.2) is 48.2 Å². The Labute approximate surface area is 178 Å². The maximum atomic E-state index is 13.3. The molecule has 2 aromatic rings. The summed E-state index contributed by atoms with van der Waals surface area (Å²) in [5.74, 6) is 0.558. The lowest BCUT2D eigenvalue weighted by molar-refractivity contribution is 0.0712. The van der Waals surface area contributed by atoms with Crippen LogP contribution in [0.3, 0.4) is 0 Å². The molecule has 2 heterocycles. The zero-order chi connectivity index (χ0) is 21.3. The van der Waals surface area contributed by atoms with Gasteiger partial charge in [0.25, 0.3) is 5.91 Å². The highest BCUT2D eigenvalue weighted by atomic mass is 16.2. The molecule has 2 aliphatic rings. The van der Waals surface area contributed by atoms with Crippen LogP contribution in [0.5, 0.6) is 0 Å². The van der Waals surface area contributed by atoms with Crippen LogP contribution in [0.1, 0.15) is 65.2 Å². The van der Waals surface area contributed by atoms with Crippen LogP contribution in [-0.2, 0) is 0 Å². The average Bonchev–Trinajstić information content (AvgIpc) is 3.11. The topological polar surface area (TPSA) is 68.2 Å². The molecule has 1 atom stereocenters. The van der Waals surface area contributed by atoms with E-state index in [4.69, 9.17) is 5.26 Å². The number of nitrogens with one attached hydrogen (secondary N) is 2. The van der Waals surface area contributed by atoms with E-state index in [1.165, 1.54) is 5.56 Å². The molecule has 1 saturated heterocycles. The lowest BCUT2D eigenvalue weighted by atomic mass is 9.88. The number of hydrogen-bond acceptors (Lipinski definition) is 4. The van der Waals surface area contributed by atoms with Crippen molar-refractivity contribution >= 4 is 11.6 Å². The first kappa shape index (κ1) is 20.0. The third-order valence-corrected chi connectivity index (χ3v) is 6.22. The first-order valence-electron chi connectivity index (χ1n) is 10.6. The molecule has 5 heteroatoms. The molecule has 4 rings (SSSR count). The molecule has 0 spiro atoms. The fourth-order valence-corrected chi connectivity index (χ4v) is 4.48. The van der Waals surface area contributed by atoms with Gasteiger partial charge < -0.3 is 15.5 Å². The van der Waals surface area contributed by atoms with Crippen molar-refractivity contribution in [1.82, 2.24) is 15.5 Å². The van der Waals surface area contributed by atoms with Crippen LogP contribution >= 0.6 is 0 Å². The second-order valence-electron chi connectivity index (χ2n) is 8.34. The molecule has 1 fully saturated rings. The number of amides is 1. The molecule has 2 N–H and O–H groups in total. The van der Waals surface area contributed by atoms with Gasteiger partial charge in [-0.05, 0) is 68.9 Å². The number of piperidine rings is 1. The standard InChI is InChI=1S/C25H28N4O/c1-16-4-7-22(24-17(2)27-18(3)28-24)14-23(16)25(30)29-12-10-21(11-13-29)20-8-5-19(15-26)6-9-20/h4-9,14,18,21,27-28H,10-13H2,1-3H3. The van der Waals surface area contributed by atoms with Gasteiger partial charge in [0.1, 0.15) is 0 Å². The zero-order valence-electron chi connectivity index (χ0n) is 17.8. The Hall–Kier alpha value is -3.26. The van der Waals surface area contributed by atoms with Gasteiger partial charge in [-0.15, -0.1) is 0 Å². The van der Waals surface area contributed by atoms with Gasteiger partial charge in [-0.3, -0.25) is 4.79 Å². The number of carbonyl (C=O) groups excluding carboxylic acids is 1. The van der Waals surface area contributed by atoms with Crippen LogP contribution in [-0.4, -0.2) is 30.1 Å². The molecule has 1 unspecified atom stereocenters. The van der Waals surface area contributed by atoms with E-state index in [0.717, 1.165) is 54.0 Å². The van der Waals surface area contributed by atoms with E-state index < -0.39 is 0 Å². The highest BCUT2D eigenvalue weighted by molar-refractivity contribution is 5.96. The molecular weight excluding hydrogens is 372 g/mol. The molecule has 1 amide bonds. The molecule has 2 aliphatic heterocycles. The third kappa shape index (κ3) is 3.91. The SMILES string of the molecule is CC1=C(c2ccc(C)c(C(=O)N3CCC(c4ccc(C#N)cc4)CC3)c2)NC(C)N1. The predicted octanol–water partition coefficient (Wildman–Crippen LogP) is 4.11. The normalized spacial score (nSPS) is 19.3. The van der Waals surface area contributed by atoms with Crippen molar-refractivity contribution < 1.29 is 4.79 Å². The predicted molar refractivity (Wildman–Crippen MR) is 119 cm³/mol. The molecule has 2 aromatic carbocycles. The Morgan fingerprint density at radius 2 is 1.77 bits per heavy atom. The molecule has 0 saturated carbocycles. The first-order chi connectivity index (χ1) is 14.5. The molecular formula is C25H28N4O. The van der Waals surface area contributed by atoms with E-state index in [2.05, 4.69) is 36.6 Å². The summed E-state index contributed by atoms with van der Waals surface area (Å²) in [6.45, 7) is 7.65. The summed E-state index contributed by atoms with van der Waals surface area (Å²) in [5, 5.41) is 15.8. The maximum Gasteiger partial charge on any atom is 0.254 e. The number of allylic oxidation sites excluding steroid dienone is 1. The van der Waals surface area contributed by atoms with Gasteiger partial charge in [-0.1, -0.05) is 24.3 Å². The third-order valence-electron chi connectivity index (χ3n) is 6.22. The van der Waals surface area contributed by atoms with Crippen LogP contribution in [0.4, 0.5) is 0 Å². The summed E-state index contributed by atoms with van der Waals surface area (Å²) >= 11 is 0. The molecule has 154 valence electrons. The average molecular weight is 401 g/mol. The van der Waals surface area contributed by atoms with Crippen molar-refractivity contribution in [3.8, 4) is 6.07 Å². The number of nitriles is 1. The first-order valence-corrected chi connectivity index (χ1v) is 10.6. The van der Waals surface area contributed by atoms with Crippen LogP contribution in [0, 0.1) is 18.3 Å². The Kier molecular flexibility index (Phi) is 5.50. The van der Waals surface area contributed by atoms with Crippen LogP contribution in [0.25, 0.3) is 5.70 Å². The highest BCUT2D eigenvalue weighted by Gasteiger charge is 2.26. The van der Waals surface area contributed by atoms with Gasteiger partial charge in [0.15, 0.2) is 0 Å². The largest absolute Gasteiger partial charge is 0.367 e. The van der Waals surface area contributed by atoms with E-state index in [9.17, 15) is 4.79 Å². The number of carbonyl (C=O) groups is 1. The van der Waals surface area contributed by atoms with Crippen LogP contribution in [0.2, 0.25) is 0 Å². The summed E-state index contributed by atoms with van der Waals surface area (Å²) < 4.78 is 0. The van der Waals surface area contributed by atoms with E-state index >= 15 is 0 Å². The van der Waals surface area contributed by atoms with Crippen molar-refractivity contribution in [1.29, 1.82) is 5.26 Å². The van der Waals surface area contributed by atoms with E-state index in [0.29, 0.717) is 11.5 Å². The Morgan fingerprint density at radius 1 is 1.07 bits per heavy atom. The molecule has 0 aromatic heterocycles. The van der Waals surface area contributed by atoms with Gasteiger partial charge in [-0.25, -0.2) is 0 Å². The minimum atomic E-state index is 0.116. The minimum absolute atomic E-state index is 0.116. The van der Waals surface area contributed by atoms with Gasteiger partial charge >= 0.3 is 0 Å². The number of likely N-dealkylation sites (tertiary alicyclic amines) is 1. The lowest BCUT2D eigenvalue weighted by Crippen LogP contribution is -2.38.